The lowest BCUT2D eigenvalue weighted by molar-refractivity contribution is -0.138. The summed E-state index contributed by atoms with van der Waals surface area (Å²) < 4.78 is 56.0. The van der Waals surface area contributed by atoms with Crippen LogP contribution in [0.3, 0.4) is 0 Å². The van der Waals surface area contributed by atoms with E-state index < -0.39 is 58.5 Å². The number of carbonyl (C=O) groups excluding carboxylic acids is 4. The number of amides is 4. The van der Waals surface area contributed by atoms with E-state index in [1.165, 1.54) is 45.9 Å². The van der Waals surface area contributed by atoms with E-state index in [9.17, 15) is 37.5 Å². The van der Waals surface area contributed by atoms with Crippen LogP contribution in [0.2, 0.25) is 0 Å². The first kappa shape index (κ1) is 37.3. The van der Waals surface area contributed by atoms with E-state index >= 15 is 0 Å². The molecule has 0 bridgehead atoms. The molecule has 2 heterocycles. The van der Waals surface area contributed by atoms with Gasteiger partial charge in [-0.25, -0.2) is 4.79 Å². The number of ether oxygens (including phenoxy) is 2. The molecule has 2 atom stereocenters. The lowest BCUT2D eigenvalue weighted by atomic mass is 9.90. The van der Waals surface area contributed by atoms with E-state index in [-0.39, 0.29) is 54.7 Å². The molecule has 0 aromatic heterocycles. The number of hydrogen-bond acceptors (Lipinski definition) is 7. The lowest BCUT2D eigenvalue weighted by Gasteiger charge is -2.43. The summed E-state index contributed by atoms with van der Waals surface area (Å²) in [6.07, 6.45) is -4.44. The third kappa shape index (κ3) is 8.22. The third-order valence-electron chi connectivity index (χ3n) is 8.50. The second-order valence-corrected chi connectivity index (χ2v) is 13.7. The van der Waals surface area contributed by atoms with Crippen LogP contribution < -0.4 is 15.0 Å². The van der Waals surface area contributed by atoms with Gasteiger partial charge < -0.3 is 34.6 Å². The number of nitrogens with one attached hydrogen (secondary N) is 1. The first-order valence-corrected chi connectivity index (χ1v) is 16.4. The molecule has 0 aliphatic carbocycles. The van der Waals surface area contributed by atoms with Crippen LogP contribution in [-0.2, 0) is 26.1 Å². The molecule has 2 aliphatic heterocycles. The molecule has 2 aromatic carbocycles. The topological polar surface area (TPSA) is 129 Å². The van der Waals surface area contributed by atoms with Crippen LogP contribution in [0.5, 0.6) is 11.5 Å². The van der Waals surface area contributed by atoms with Crippen LogP contribution in [0.4, 0.5) is 23.7 Å². The molecule has 2 N–H and O–H groups in total. The number of anilines is 1. The van der Waals surface area contributed by atoms with Crippen molar-refractivity contribution < 1.29 is 46.9 Å². The minimum absolute atomic E-state index is 0.0288. The highest BCUT2D eigenvalue weighted by Crippen LogP contribution is 2.47. The van der Waals surface area contributed by atoms with Gasteiger partial charge in [-0.15, -0.1) is 0 Å². The molecule has 0 saturated carbocycles. The van der Waals surface area contributed by atoms with Crippen molar-refractivity contribution in [3.8, 4) is 11.5 Å². The normalized spacial score (nSPS) is 19.7. The third-order valence-corrected chi connectivity index (χ3v) is 8.50. The van der Waals surface area contributed by atoms with E-state index in [4.69, 9.17) is 9.47 Å². The van der Waals surface area contributed by atoms with Crippen molar-refractivity contribution in [2.45, 2.75) is 97.2 Å². The molecule has 2 aliphatic rings. The Balaban J connectivity index is 1.81. The number of phenolic OH excluding ortho intramolecular Hbond substituents is 1. The van der Waals surface area contributed by atoms with Crippen LogP contribution in [0.15, 0.2) is 36.4 Å². The van der Waals surface area contributed by atoms with Crippen molar-refractivity contribution in [2.75, 3.05) is 31.1 Å². The molecule has 0 spiro atoms. The first-order chi connectivity index (χ1) is 22.8. The summed E-state index contributed by atoms with van der Waals surface area (Å²) in [5, 5.41) is 12.8. The molecule has 2 aromatic rings. The average molecular weight is 691 g/mol. The number of nitrogens with zero attached hydrogens (tertiary/aromatic N) is 3. The van der Waals surface area contributed by atoms with Gasteiger partial charge in [0.1, 0.15) is 17.1 Å². The fraction of sp³-hybridized carbons (Fsp3) is 0.543. The molecule has 1 unspecified atom stereocenters. The van der Waals surface area contributed by atoms with E-state index in [2.05, 4.69) is 5.32 Å². The van der Waals surface area contributed by atoms with E-state index in [0.29, 0.717) is 19.4 Å². The number of carbonyl (C=O) groups is 4. The number of halogens is 3. The van der Waals surface area contributed by atoms with Gasteiger partial charge in [-0.2, -0.15) is 13.2 Å². The molecule has 1 fully saturated rings. The number of benzene rings is 2. The van der Waals surface area contributed by atoms with Crippen LogP contribution >= 0.6 is 0 Å². The number of fused-ring (bicyclic) bond motifs is 1. The Labute approximate surface area is 284 Å². The molecule has 49 heavy (non-hydrogen) atoms. The van der Waals surface area contributed by atoms with Gasteiger partial charge in [0.15, 0.2) is 0 Å². The Bertz CT molecular complexity index is 1590. The van der Waals surface area contributed by atoms with Gasteiger partial charge in [-0.05, 0) is 78.6 Å². The van der Waals surface area contributed by atoms with Crippen LogP contribution in [0, 0.1) is 0 Å². The van der Waals surface area contributed by atoms with Crippen LogP contribution in [0.1, 0.15) is 89.2 Å². The molecular formula is C35H45F3N4O7. The number of likely N-dealkylation sites (tertiary alicyclic amines) is 1. The smallest absolute Gasteiger partial charge is 0.417 e. The van der Waals surface area contributed by atoms with Gasteiger partial charge >= 0.3 is 12.3 Å². The Morgan fingerprint density at radius 3 is 2.45 bits per heavy atom. The van der Waals surface area contributed by atoms with Crippen molar-refractivity contribution in [3.05, 3.63) is 53.1 Å². The number of alkyl halides is 3. The zero-order valence-electron chi connectivity index (χ0n) is 28.9. The Kier molecular flexibility index (Phi) is 10.8. The first-order valence-electron chi connectivity index (χ1n) is 16.4. The summed E-state index contributed by atoms with van der Waals surface area (Å²) >= 11 is 0. The van der Waals surface area contributed by atoms with Gasteiger partial charge in [0, 0.05) is 44.2 Å². The minimum atomic E-state index is -5.00. The molecule has 14 heteroatoms. The number of rotatable bonds is 8. The molecule has 4 rings (SSSR count). The zero-order valence-corrected chi connectivity index (χ0v) is 28.9. The van der Waals surface area contributed by atoms with Crippen molar-refractivity contribution in [3.63, 3.8) is 0 Å². The Morgan fingerprint density at radius 2 is 1.86 bits per heavy atom. The summed E-state index contributed by atoms with van der Waals surface area (Å²) in [5.41, 5.74) is -4.44. The van der Waals surface area contributed by atoms with Crippen molar-refractivity contribution in [1.29, 1.82) is 0 Å². The SMILES string of the molecule is CCC(=O)NCCN1C(=O)C(C)(c2cccc(O)c2)Oc2cc(C(F)(F)F)c(C(=O)N(C(C)C)[C@@H]3CCCN(C(=O)OC(C)(C)C)C3)cc21. The Morgan fingerprint density at radius 1 is 1.16 bits per heavy atom. The highest BCUT2D eigenvalue weighted by molar-refractivity contribution is 6.05. The highest BCUT2D eigenvalue weighted by atomic mass is 19.4. The van der Waals surface area contributed by atoms with Gasteiger partial charge in [-0.1, -0.05) is 19.1 Å². The van der Waals surface area contributed by atoms with Crippen molar-refractivity contribution in [2.24, 2.45) is 0 Å². The number of aromatic hydroxyl groups is 1. The van der Waals surface area contributed by atoms with Crippen LogP contribution in [-0.4, -0.2) is 82.6 Å². The fourth-order valence-corrected chi connectivity index (χ4v) is 6.18. The number of piperidine rings is 1. The predicted octanol–water partition coefficient (Wildman–Crippen LogP) is 5.83. The van der Waals surface area contributed by atoms with Gasteiger partial charge in [0.05, 0.1) is 22.9 Å². The second kappa shape index (κ2) is 14.2. The Hall–Kier alpha value is -4.49. The summed E-state index contributed by atoms with van der Waals surface area (Å²) in [5.74, 6) is -2.37. The van der Waals surface area contributed by atoms with Gasteiger partial charge in [0.25, 0.3) is 11.8 Å². The summed E-state index contributed by atoms with van der Waals surface area (Å²) in [6, 6.07) is 6.23. The number of hydrogen-bond donors (Lipinski definition) is 2. The van der Waals surface area contributed by atoms with E-state index in [0.717, 1.165) is 12.1 Å². The summed E-state index contributed by atoms with van der Waals surface area (Å²) in [4.78, 5) is 57.4. The average Bonchev–Trinajstić information content (AvgIpc) is 3.01. The standard InChI is InChI=1S/C35H45F3N4O7/c1-8-29(44)39-14-16-41-27-18-25(30(45)42(21(2)3)23-12-10-15-40(20-23)32(47)49-33(4,5)6)26(35(36,37)38)19-28(27)48-34(7,31(41)46)22-11-9-13-24(43)17-22/h9,11,13,17-19,21,23,43H,8,10,12,14-16,20H2,1-7H3,(H,39,44)/t23-,34?/m1/s1. The molecule has 0 radical (unpaired) electrons. The maximum atomic E-state index is 14.8. The number of phenols is 1. The minimum Gasteiger partial charge on any atom is -0.508 e. The highest BCUT2D eigenvalue weighted by Gasteiger charge is 2.49. The van der Waals surface area contributed by atoms with Crippen LogP contribution in [0.25, 0.3) is 0 Å². The van der Waals surface area contributed by atoms with E-state index in [1.54, 1.807) is 41.5 Å². The quantitative estimate of drug-likeness (QED) is 0.357. The van der Waals surface area contributed by atoms with Gasteiger partial charge in [0.2, 0.25) is 11.5 Å². The maximum Gasteiger partial charge on any atom is 0.417 e. The predicted molar refractivity (Wildman–Crippen MR) is 175 cm³/mol. The zero-order chi connectivity index (χ0) is 36.5. The molecule has 11 nitrogen and oxygen atoms in total. The second-order valence-electron chi connectivity index (χ2n) is 13.7. The molecule has 1 saturated heterocycles. The fourth-order valence-electron chi connectivity index (χ4n) is 6.18. The molecule has 4 amide bonds. The molecule has 268 valence electrons. The molecular weight excluding hydrogens is 645 g/mol. The van der Waals surface area contributed by atoms with Gasteiger partial charge in [-0.3, -0.25) is 14.4 Å². The van der Waals surface area contributed by atoms with Crippen molar-refractivity contribution in [1.82, 2.24) is 15.1 Å². The largest absolute Gasteiger partial charge is 0.508 e. The summed E-state index contributed by atoms with van der Waals surface area (Å²) in [7, 11) is 0. The van der Waals surface area contributed by atoms with Crippen molar-refractivity contribution >= 4 is 29.5 Å². The lowest BCUT2D eigenvalue weighted by Crippen LogP contribution is -2.55. The monoisotopic (exact) mass is 690 g/mol. The van der Waals surface area contributed by atoms with E-state index in [1.807, 2.05) is 0 Å². The maximum absolute atomic E-state index is 14.8. The summed E-state index contributed by atoms with van der Waals surface area (Å²) in [6.45, 7) is 11.9.